The Morgan fingerprint density at radius 3 is 2.67 bits per heavy atom. The van der Waals surface area contributed by atoms with Gasteiger partial charge < -0.3 is 14.6 Å². The molecule has 7 heteroatoms. The largest absolute Gasteiger partial charge is 0.507 e. The van der Waals surface area contributed by atoms with Crippen LogP contribution < -0.4 is 4.74 Å². The maximum atomic E-state index is 11.8. The van der Waals surface area contributed by atoms with E-state index in [-0.39, 0.29) is 17.9 Å². The first kappa shape index (κ1) is 18.9. The molecule has 0 bridgehead atoms. The van der Waals surface area contributed by atoms with Crippen LogP contribution in [0.25, 0.3) is 0 Å². The molecule has 0 amide bonds. The molecule has 2 aromatic carbocycles. The van der Waals surface area contributed by atoms with Gasteiger partial charge in [-0.2, -0.15) is 0 Å². The van der Waals surface area contributed by atoms with Crippen molar-refractivity contribution in [3.05, 3.63) is 56.0 Å². The van der Waals surface area contributed by atoms with E-state index >= 15 is 0 Å². The highest BCUT2D eigenvalue weighted by molar-refractivity contribution is 9.10. The van der Waals surface area contributed by atoms with E-state index in [1.54, 1.807) is 19.1 Å². The van der Waals surface area contributed by atoms with Gasteiger partial charge in [-0.1, -0.05) is 29.3 Å². The minimum Gasteiger partial charge on any atom is -0.507 e. The van der Waals surface area contributed by atoms with Crippen molar-refractivity contribution in [1.82, 2.24) is 0 Å². The van der Waals surface area contributed by atoms with Crippen molar-refractivity contribution in [3.63, 3.8) is 0 Å². The molecule has 2 aromatic rings. The second-order valence-electron chi connectivity index (χ2n) is 4.86. The van der Waals surface area contributed by atoms with E-state index in [2.05, 4.69) is 15.9 Å². The number of carbonyl (C=O) groups excluding carboxylic acids is 1. The molecule has 0 spiro atoms. The molecule has 0 fully saturated rings. The Balaban J connectivity index is 2.10. The summed E-state index contributed by atoms with van der Waals surface area (Å²) in [5, 5.41) is 11.1. The third-order valence-electron chi connectivity index (χ3n) is 3.18. The van der Waals surface area contributed by atoms with Crippen molar-refractivity contribution in [3.8, 4) is 11.5 Å². The summed E-state index contributed by atoms with van der Waals surface area (Å²) < 4.78 is 11.0. The van der Waals surface area contributed by atoms with Crippen LogP contribution in [0.3, 0.4) is 0 Å². The fraction of sp³-hybridized carbons (Fsp3) is 0.235. The number of phenols is 1. The van der Waals surface area contributed by atoms with Crippen LogP contribution in [0, 0.1) is 0 Å². The number of hydrogen-bond acceptors (Lipinski definition) is 4. The predicted octanol–water partition coefficient (Wildman–Crippen LogP) is 5.26. The summed E-state index contributed by atoms with van der Waals surface area (Å²) in [7, 11) is 0. The maximum Gasteiger partial charge on any atom is 0.338 e. The summed E-state index contributed by atoms with van der Waals surface area (Å²) in [6.45, 7) is 2.27. The van der Waals surface area contributed by atoms with E-state index in [9.17, 15) is 9.90 Å². The van der Waals surface area contributed by atoms with E-state index in [1.807, 2.05) is 6.07 Å². The minimum atomic E-state index is -0.522. The molecule has 0 radical (unpaired) electrons. The Morgan fingerprint density at radius 1 is 1.25 bits per heavy atom. The Kier molecular flexibility index (Phi) is 6.78. The topological polar surface area (TPSA) is 55.8 Å². The first-order valence-corrected chi connectivity index (χ1v) is 8.73. The normalized spacial score (nSPS) is 10.5. The van der Waals surface area contributed by atoms with Crippen LogP contribution in [0.4, 0.5) is 0 Å². The Bertz CT molecular complexity index is 750. The Morgan fingerprint density at radius 2 is 2.00 bits per heavy atom. The second-order valence-corrected chi connectivity index (χ2v) is 6.50. The van der Waals surface area contributed by atoms with Crippen molar-refractivity contribution in [2.75, 3.05) is 13.2 Å². The molecule has 0 unspecified atom stereocenters. The van der Waals surface area contributed by atoms with Gasteiger partial charge in [0.2, 0.25) is 0 Å². The summed E-state index contributed by atoms with van der Waals surface area (Å²) in [6.07, 6.45) is 0.548. The molecule has 0 aliphatic rings. The third kappa shape index (κ3) is 4.79. The zero-order valence-electron chi connectivity index (χ0n) is 12.8. The van der Waals surface area contributed by atoms with Gasteiger partial charge in [-0.3, -0.25) is 0 Å². The number of rotatable bonds is 6. The number of ether oxygens (including phenoxy) is 2. The van der Waals surface area contributed by atoms with Crippen LogP contribution in [0.15, 0.2) is 34.8 Å². The summed E-state index contributed by atoms with van der Waals surface area (Å²) in [5.74, 6) is -0.269. The van der Waals surface area contributed by atoms with Gasteiger partial charge in [0.1, 0.15) is 16.0 Å². The highest BCUT2D eigenvalue weighted by Crippen LogP contribution is 2.35. The molecule has 0 saturated heterocycles. The van der Waals surface area contributed by atoms with Gasteiger partial charge in [0.05, 0.1) is 18.8 Å². The number of hydrogen-bond donors (Lipinski definition) is 1. The molecular formula is C17H15BrCl2O4. The van der Waals surface area contributed by atoms with Gasteiger partial charge >= 0.3 is 5.97 Å². The number of benzene rings is 2. The summed E-state index contributed by atoms with van der Waals surface area (Å²) in [4.78, 5) is 11.8. The molecule has 2 rings (SSSR count). The molecule has 0 aromatic heterocycles. The molecule has 0 heterocycles. The van der Waals surface area contributed by atoms with E-state index < -0.39 is 5.97 Å². The van der Waals surface area contributed by atoms with Crippen LogP contribution in [0.5, 0.6) is 11.5 Å². The van der Waals surface area contributed by atoms with Crippen molar-refractivity contribution >= 4 is 45.1 Å². The lowest BCUT2D eigenvalue weighted by atomic mass is 10.1. The number of carbonyl (C=O) groups is 1. The van der Waals surface area contributed by atoms with Crippen LogP contribution in [0.1, 0.15) is 22.8 Å². The Hall–Kier alpha value is -1.43. The summed E-state index contributed by atoms with van der Waals surface area (Å²) >= 11 is 15.2. The zero-order chi connectivity index (χ0) is 17.7. The van der Waals surface area contributed by atoms with E-state index in [0.29, 0.717) is 33.3 Å². The molecular weight excluding hydrogens is 419 g/mol. The molecule has 1 N–H and O–H groups in total. The van der Waals surface area contributed by atoms with Crippen molar-refractivity contribution in [2.24, 2.45) is 0 Å². The average Bonchev–Trinajstić information content (AvgIpc) is 2.53. The molecule has 128 valence electrons. The molecule has 0 atom stereocenters. The lowest BCUT2D eigenvalue weighted by Crippen LogP contribution is -2.07. The number of phenolic OH excluding ortho intramolecular Hbond substituents is 1. The minimum absolute atomic E-state index is 0.0971. The molecule has 0 saturated carbocycles. The predicted molar refractivity (Wildman–Crippen MR) is 97.4 cm³/mol. The van der Waals surface area contributed by atoms with E-state index in [1.165, 1.54) is 12.1 Å². The van der Waals surface area contributed by atoms with Crippen LogP contribution in [0.2, 0.25) is 10.0 Å². The van der Waals surface area contributed by atoms with Gasteiger partial charge in [0.25, 0.3) is 0 Å². The monoisotopic (exact) mass is 432 g/mol. The smallest absolute Gasteiger partial charge is 0.338 e. The Labute approximate surface area is 158 Å². The maximum absolute atomic E-state index is 11.8. The highest BCUT2D eigenvalue weighted by atomic mass is 79.9. The van der Waals surface area contributed by atoms with E-state index in [0.717, 1.165) is 5.56 Å². The van der Waals surface area contributed by atoms with Gasteiger partial charge in [0, 0.05) is 16.5 Å². The number of aromatic hydroxyl groups is 1. The number of halogens is 3. The van der Waals surface area contributed by atoms with Gasteiger partial charge in [-0.25, -0.2) is 4.79 Å². The van der Waals surface area contributed by atoms with Crippen LogP contribution in [-0.4, -0.2) is 24.3 Å². The lowest BCUT2D eigenvalue weighted by molar-refractivity contribution is 0.0525. The van der Waals surface area contributed by atoms with Crippen LogP contribution in [-0.2, 0) is 11.2 Å². The van der Waals surface area contributed by atoms with Gasteiger partial charge in [0.15, 0.2) is 0 Å². The van der Waals surface area contributed by atoms with Crippen LogP contribution >= 0.6 is 39.1 Å². The van der Waals surface area contributed by atoms with Gasteiger partial charge in [-0.05, 0) is 52.7 Å². The second kappa shape index (κ2) is 8.60. The quantitative estimate of drug-likeness (QED) is 0.631. The molecule has 24 heavy (non-hydrogen) atoms. The van der Waals surface area contributed by atoms with E-state index in [4.69, 9.17) is 32.7 Å². The van der Waals surface area contributed by atoms with Gasteiger partial charge in [-0.15, -0.1) is 0 Å². The SMILES string of the molecule is CCOC(=O)c1cc(O)c(Br)c(OCCc2ccc(Cl)cc2Cl)c1. The molecule has 4 nitrogen and oxygen atoms in total. The molecule has 0 aliphatic carbocycles. The summed E-state index contributed by atoms with van der Waals surface area (Å²) in [5.41, 5.74) is 1.11. The summed E-state index contributed by atoms with van der Waals surface area (Å²) in [6, 6.07) is 8.10. The molecule has 0 aliphatic heterocycles. The zero-order valence-corrected chi connectivity index (χ0v) is 15.9. The first-order chi connectivity index (χ1) is 11.4. The fourth-order valence-corrected chi connectivity index (χ4v) is 2.86. The average molecular weight is 434 g/mol. The standard InChI is InChI=1S/C17H15BrCl2O4/c1-2-23-17(22)11-7-14(21)16(18)15(8-11)24-6-5-10-3-4-12(19)9-13(10)20/h3-4,7-9,21H,2,5-6H2,1H3. The first-order valence-electron chi connectivity index (χ1n) is 7.18. The highest BCUT2D eigenvalue weighted by Gasteiger charge is 2.15. The van der Waals surface area contributed by atoms with Crippen molar-refractivity contribution < 1.29 is 19.4 Å². The van der Waals surface area contributed by atoms with Crippen molar-refractivity contribution in [1.29, 1.82) is 0 Å². The lowest BCUT2D eigenvalue weighted by Gasteiger charge is -2.12. The fourth-order valence-electron chi connectivity index (χ4n) is 2.02. The third-order valence-corrected chi connectivity index (χ3v) is 4.56. The van der Waals surface area contributed by atoms with Crippen molar-refractivity contribution in [2.45, 2.75) is 13.3 Å². The number of esters is 1.